The second-order valence-electron chi connectivity index (χ2n) is 3.98. The average molecular weight is 237 g/mol. The maximum atomic E-state index is 11.4. The van der Waals surface area contributed by atoms with Gasteiger partial charge in [-0.3, -0.25) is 4.79 Å². The van der Waals surface area contributed by atoms with Crippen molar-refractivity contribution in [2.45, 2.75) is 19.9 Å². The standard InChI is InChI=1S/C13H19NO3/c1-9(13(15)17-4)10(2)14-11-6-5-7-12(8-11)16-3/h5-10,14H,1-4H3. The normalized spacial score (nSPS) is 13.6. The molecule has 1 rings (SSSR count). The molecule has 0 aliphatic rings. The van der Waals surface area contributed by atoms with Crippen molar-refractivity contribution in [2.24, 2.45) is 5.92 Å². The highest BCUT2D eigenvalue weighted by atomic mass is 16.5. The summed E-state index contributed by atoms with van der Waals surface area (Å²) in [6, 6.07) is 7.59. The molecule has 0 saturated carbocycles. The van der Waals surface area contributed by atoms with Crippen LogP contribution in [0.25, 0.3) is 0 Å². The number of benzene rings is 1. The van der Waals surface area contributed by atoms with E-state index in [1.54, 1.807) is 7.11 Å². The predicted molar refractivity (Wildman–Crippen MR) is 67.3 cm³/mol. The number of carbonyl (C=O) groups excluding carboxylic acids is 1. The van der Waals surface area contributed by atoms with E-state index in [2.05, 4.69) is 5.32 Å². The molecular weight excluding hydrogens is 218 g/mol. The minimum absolute atomic E-state index is 0.00504. The van der Waals surface area contributed by atoms with Crippen molar-refractivity contribution in [3.63, 3.8) is 0 Å². The van der Waals surface area contributed by atoms with Crippen LogP contribution in [0.2, 0.25) is 0 Å². The lowest BCUT2D eigenvalue weighted by Gasteiger charge is -2.20. The van der Waals surface area contributed by atoms with E-state index in [0.717, 1.165) is 11.4 Å². The van der Waals surface area contributed by atoms with Gasteiger partial charge in [-0.1, -0.05) is 6.07 Å². The van der Waals surface area contributed by atoms with Crippen LogP contribution in [0.3, 0.4) is 0 Å². The molecule has 0 saturated heterocycles. The summed E-state index contributed by atoms with van der Waals surface area (Å²) in [6.07, 6.45) is 0. The van der Waals surface area contributed by atoms with Crippen LogP contribution in [0.5, 0.6) is 5.75 Å². The summed E-state index contributed by atoms with van der Waals surface area (Å²) in [6.45, 7) is 3.78. The van der Waals surface area contributed by atoms with Crippen LogP contribution < -0.4 is 10.1 Å². The van der Waals surface area contributed by atoms with Crippen molar-refractivity contribution in [3.05, 3.63) is 24.3 Å². The van der Waals surface area contributed by atoms with E-state index >= 15 is 0 Å². The molecule has 0 fully saturated rings. The molecule has 0 spiro atoms. The summed E-state index contributed by atoms with van der Waals surface area (Å²) in [5, 5.41) is 3.25. The summed E-state index contributed by atoms with van der Waals surface area (Å²) < 4.78 is 9.85. The number of nitrogens with one attached hydrogen (secondary N) is 1. The summed E-state index contributed by atoms with van der Waals surface area (Å²) in [7, 11) is 3.02. The Labute approximate surface area is 102 Å². The number of methoxy groups -OCH3 is 2. The Morgan fingerprint density at radius 1 is 1.29 bits per heavy atom. The van der Waals surface area contributed by atoms with Crippen molar-refractivity contribution >= 4 is 11.7 Å². The Hall–Kier alpha value is -1.71. The number of carbonyl (C=O) groups is 1. The van der Waals surface area contributed by atoms with Gasteiger partial charge in [0.2, 0.25) is 0 Å². The molecule has 17 heavy (non-hydrogen) atoms. The lowest BCUT2D eigenvalue weighted by molar-refractivity contribution is -0.145. The number of ether oxygens (including phenoxy) is 2. The van der Waals surface area contributed by atoms with Gasteiger partial charge in [0.1, 0.15) is 5.75 Å². The Kier molecular flexibility index (Phi) is 4.82. The molecule has 0 aromatic heterocycles. The Morgan fingerprint density at radius 2 is 2.00 bits per heavy atom. The van der Waals surface area contributed by atoms with Gasteiger partial charge in [0.25, 0.3) is 0 Å². The second-order valence-corrected chi connectivity index (χ2v) is 3.98. The number of anilines is 1. The number of hydrogen-bond acceptors (Lipinski definition) is 4. The molecular formula is C13H19NO3. The highest BCUT2D eigenvalue weighted by Gasteiger charge is 2.20. The topological polar surface area (TPSA) is 47.6 Å². The Bertz CT molecular complexity index is 379. The second kappa shape index (κ2) is 6.13. The summed E-state index contributed by atoms with van der Waals surface area (Å²) in [5.74, 6) is 0.368. The first-order chi connectivity index (χ1) is 8.08. The smallest absolute Gasteiger partial charge is 0.310 e. The van der Waals surface area contributed by atoms with Gasteiger partial charge in [-0.15, -0.1) is 0 Å². The third-order valence-corrected chi connectivity index (χ3v) is 2.79. The molecule has 4 heteroatoms. The third kappa shape index (κ3) is 3.66. The van der Waals surface area contributed by atoms with Crippen molar-refractivity contribution in [1.82, 2.24) is 0 Å². The van der Waals surface area contributed by atoms with Crippen LogP contribution in [-0.4, -0.2) is 26.2 Å². The minimum Gasteiger partial charge on any atom is -0.497 e. The molecule has 0 bridgehead atoms. The lowest BCUT2D eigenvalue weighted by atomic mass is 10.0. The molecule has 0 radical (unpaired) electrons. The molecule has 1 aromatic rings. The summed E-state index contributed by atoms with van der Waals surface area (Å²) in [5.41, 5.74) is 0.924. The van der Waals surface area contributed by atoms with E-state index in [0.29, 0.717) is 0 Å². The van der Waals surface area contributed by atoms with E-state index in [-0.39, 0.29) is 17.9 Å². The quantitative estimate of drug-likeness (QED) is 0.798. The zero-order chi connectivity index (χ0) is 12.8. The van der Waals surface area contributed by atoms with Crippen molar-refractivity contribution in [1.29, 1.82) is 0 Å². The Morgan fingerprint density at radius 3 is 2.59 bits per heavy atom. The van der Waals surface area contributed by atoms with E-state index in [9.17, 15) is 4.79 Å². The maximum Gasteiger partial charge on any atom is 0.310 e. The van der Waals surface area contributed by atoms with Gasteiger partial charge in [-0.25, -0.2) is 0 Å². The maximum absolute atomic E-state index is 11.4. The minimum atomic E-state index is -0.215. The molecule has 0 aliphatic heterocycles. The first kappa shape index (κ1) is 13.4. The fraction of sp³-hybridized carbons (Fsp3) is 0.462. The predicted octanol–water partition coefficient (Wildman–Crippen LogP) is 2.30. The van der Waals surface area contributed by atoms with Crippen LogP contribution in [0, 0.1) is 5.92 Å². The van der Waals surface area contributed by atoms with Gasteiger partial charge in [-0.2, -0.15) is 0 Å². The molecule has 0 heterocycles. The number of hydrogen-bond donors (Lipinski definition) is 1. The first-order valence-electron chi connectivity index (χ1n) is 5.57. The van der Waals surface area contributed by atoms with Crippen LogP contribution in [0.1, 0.15) is 13.8 Å². The zero-order valence-corrected chi connectivity index (χ0v) is 10.7. The first-order valence-corrected chi connectivity index (χ1v) is 5.57. The molecule has 94 valence electrons. The van der Waals surface area contributed by atoms with Crippen molar-refractivity contribution in [3.8, 4) is 5.75 Å². The van der Waals surface area contributed by atoms with Gasteiger partial charge < -0.3 is 14.8 Å². The van der Waals surface area contributed by atoms with Crippen LogP contribution in [0.4, 0.5) is 5.69 Å². The van der Waals surface area contributed by atoms with Crippen molar-refractivity contribution in [2.75, 3.05) is 19.5 Å². The molecule has 1 N–H and O–H groups in total. The van der Waals surface area contributed by atoms with Gasteiger partial charge in [0.15, 0.2) is 0 Å². The monoisotopic (exact) mass is 237 g/mol. The molecule has 1 aromatic carbocycles. The van der Waals surface area contributed by atoms with Gasteiger partial charge in [0.05, 0.1) is 20.1 Å². The van der Waals surface area contributed by atoms with Gasteiger partial charge in [-0.05, 0) is 26.0 Å². The molecule has 4 nitrogen and oxygen atoms in total. The zero-order valence-electron chi connectivity index (χ0n) is 10.7. The molecule has 0 aliphatic carbocycles. The SMILES string of the molecule is COC(=O)C(C)C(C)Nc1cccc(OC)c1. The van der Waals surface area contributed by atoms with E-state index in [4.69, 9.17) is 9.47 Å². The highest BCUT2D eigenvalue weighted by Crippen LogP contribution is 2.19. The molecule has 2 atom stereocenters. The van der Waals surface area contributed by atoms with Crippen LogP contribution >= 0.6 is 0 Å². The van der Waals surface area contributed by atoms with E-state index in [1.165, 1.54) is 7.11 Å². The summed E-state index contributed by atoms with van der Waals surface area (Å²) in [4.78, 5) is 11.4. The van der Waals surface area contributed by atoms with E-state index in [1.807, 2.05) is 38.1 Å². The van der Waals surface area contributed by atoms with Crippen LogP contribution in [0.15, 0.2) is 24.3 Å². The third-order valence-electron chi connectivity index (χ3n) is 2.79. The Balaban J connectivity index is 2.66. The highest BCUT2D eigenvalue weighted by molar-refractivity contribution is 5.73. The van der Waals surface area contributed by atoms with E-state index < -0.39 is 0 Å². The number of rotatable bonds is 5. The summed E-state index contributed by atoms with van der Waals surface area (Å²) >= 11 is 0. The fourth-order valence-electron chi connectivity index (χ4n) is 1.49. The van der Waals surface area contributed by atoms with Crippen LogP contribution in [-0.2, 0) is 9.53 Å². The van der Waals surface area contributed by atoms with Gasteiger partial charge in [0, 0.05) is 17.8 Å². The largest absolute Gasteiger partial charge is 0.497 e. The average Bonchev–Trinajstić information content (AvgIpc) is 2.37. The molecule has 0 amide bonds. The fourth-order valence-corrected chi connectivity index (χ4v) is 1.49. The lowest BCUT2D eigenvalue weighted by Crippen LogP contribution is -2.30. The van der Waals surface area contributed by atoms with Gasteiger partial charge >= 0.3 is 5.97 Å². The van der Waals surface area contributed by atoms with Crippen molar-refractivity contribution < 1.29 is 14.3 Å². The number of esters is 1. The molecule has 2 unspecified atom stereocenters.